The molecule has 1 saturated carbocycles. The number of hydrogen-bond acceptors (Lipinski definition) is 5. The minimum atomic E-state index is -1.11. The summed E-state index contributed by atoms with van der Waals surface area (Å²) in [6.07, 6.45) is 4.70. The number of esters is 1. The third-order valence-corrected chi connectivity index (χ3v) is 4.98. The van der Waals surface area contributed by atoms with Gasteiger partial charge in [0.25, 0.3) is 5.91 Å². The number of ketones is 1. The molecule has 0 bridgehead atoms. The highest BCUT2D eigenvalue weighted by molar-refractivity contribution is 5.98. The minimum absolute atomic E-state index is 0.00244. The average molecular weight is 402 g/mol. The summed E-state index contributed by atoms with van der Waals surface area (Å²) in [7, 11) is 0. The second-order valence-corrected chi connectivity index (χ2v) is 7.45. The number of nitrogens with one attached hydrogen (secondary N) is 2. The van der Waals surface area contributed by atoms with E-state index in [0.29, 0.717) is 5.56 Å². The number of rotatable bonds is 9. The Bertz CT molecular complexity index is 723. The normalized spacial score (nSPS) is 14.8. The van der Waals surface area contributed by atoms with E-state index >= 15 is 0 Å². The van der Waals surface area contributed by atoms with Gasteiger partial charge in [0.2, 0.25) is 0 Å². The lowest BCUT2D eigenvalue weighted by molar-refractivity contribution is -0.154. The summed E-state index contributed by atoms with van der Waals surface area (Å²) in [6.45, 7) is 3.48. The van der Waals surface area contributed by atoms with Crippen molar-refractivity contribution in [2.45, 2.75) is 77.4 Å². The molecule has 1 atom stereocenters. The Morgan fingerprint density at radius 3 is 2.34 bits per heavy atom. The van der Waals surface area contributed by atoms with E-state index in [1.807, 2.05) is 12.1 Å². The van der Waals surface area contributed by atoms with E-state index in [0.717, 1.165) is 38.5 Å². The summed E-state index contributed by atoms with van der Waals surface area (Å²) >= 11 is 0. The molecule has 1 aliphatic carbocycles. The topological polar surface area (TPSA) is 102 Å². The zero-order chi connectivity index (χ0) is 21.2. The van der Waals surface area contributed by atoms with Crippen molar-refractivity contribution in [3.63, 3.8) is 0 Å². The smallest absolute Gasteiger partial charge is 0.321 e. The predicted octanol–water partition coefficient (Wildman–Crippen LogP) is 3.30. The quantitative estimate of drug-likeness (QED) is 0.487. The zero-order valence-corrected chi connectivity index (χ0v) is 17.2. The SMILES string of the molecule is CCCc1ccc(C(=O)CCC(=O)O[C@@H](C)C(=O)NC(=O)NC2CCCC2)cc1. The standard InChI is InChI=1S/C22H30N2O5/c1-3-6-16-9-11-17(12-10-16)19(25)13-14-20(26)29-15(2)21(27)24-22(28)23-18-7-4-5-8-18/h9-12,15,18H,3-8,13-14H2,1-2H3,(H2,23,24,27,28)/t15-/m0/s1. The van der Waals surface area contributed by atoms with Crippen molar-refractivity contribution in [3.8, 4) is 0 Å². The van der Waals surface area contributed by atoms with Crippen LogP contribution in [0.2, 0.25) is 0 Å². The number of aryl methyl sites for hydroxylation is 1. The molecule has 0 unspecified atom stereocenters. The lowest BCUT2D eigenvalue weighted by Gasteiger charge is -2.15. The fourth-order valence-electron chi connectivity index (χ4n) is 3.32. The second-order valence-electron chi connectivity index (χ2n) is 7.45. The van der Waals surface area contributed by atoms with Crippen LogP contribution in [0.25, 0.3) is 0 Å². The maximum absolute atomic E-state index is 12.2. The molecule has 0 aromatic heterocycles. The van der Waals surface area contributed by atoms with Gasteiger partial charge in [-0.3, -0.25) is 19.7 Å². The number of carbonyl (C=O) groups excluding carboxylic acids is 4. The molecule has 29 heavy (non-hydrogen) atoms. The van der Waals surface area contributed by atoms with E-state index in [1.165, 1.54) is 12.5 Å². The molecule has 0 heterocycles. The van der Waals surface area contributed by atoms with Crippen LogP contribution in [0, 0.1) is 0 Å². The van der Waals surface area contributed by atoms with Gasteiger partial charge in [0, 0.05) is 18.0 Å². The molecule has 1 aliphatic rings. The highest BCUT2D eigenvalue weighted by Crippen LogP contribution is 2.17. The Kier molecular flexibility index (Phi) is 8.83. The number of Topliss-reactive ketones (excluding diaryl/α,β-unsaturated/α-hetero) is 1. The summed E-state index contributed by atoms with van der Waals surface area (Å²) in [4.78, 5) is 48.0. The Morgan fingerprint density at radius 1 is 1.07 bits per heavy atom. The van der Waals surface area contributed by atoms with Crippen LogP contribution in [0.1, 0.15) is 74.7 Å². The maximum Gasteiger partial charge on any atom is 0.321 e. The molecule has 7 nitrogen and oxygen atoms in total. The maximum atomic E-state index is 12.2. The highest BCUT2D eigenvalue weighted by Gasteiger charge is 2.23. The van der Waals surface area contributed by atoms with Gasteiger partial charge in [-0.15, -0.1) is 0 Å². The average Bonchev–Trinajstić information content (AvgIpc) is 3.19. The van der Waals surface area contributed by atoms with Crippen molar-refractivity contribution >= 4 is 23.7 Å². The van der Waals surface area contributed by atoms with E-state index in [2.05, 4.69) is 17.6 Å². The van der Waals surface area contributed by atoms with Crippen molar-refractivity contribution < 1.29 is 23.9 Å². The first-order valence-electron chi connectivity index (χ1n) is 10.3. The van der Waals surface area contributed by atoms with E-state index in [9.17, 15) is 19.2 Å². The number of hydrogen-bond donors (Lipinski definition) is 2. The Morgan fingerprint density at radius 2 is 1.72 bits per heavy atom. The van der Waals surface area contributed by atoms with Gasteiger partial charge >= 0.3 is 12.0 Å². The molecule has 0 radical (unpaired) electrons. The summed E-state index contributed by atoms with van der Waals surface area (Å²) in [5.74, 6) is -1.50. The van der Waals surface area contributed by atoms with Crippen LogP contribution < -0.4 is 10.6 Å². The Hall–Kier alpha value is -2.70. The number of benzene rings is 1. The van der Waals surface area contributed by atoms with Gasteiger partial charge in [0.05, 0.1) is 6.42 Å². The van der Waals surface area contributed by atoms with Crippen molar-refractivity contribution in [2.24, 2.45) is 0 Å². The summed E-state index contributed by atoms with van der Waals surface area (Å²) in [5, 5.41) is 4.92. The van der Waals surface area contributed by atoms with Gasteiger partial charge in [-0.25, -0.2) is 4.79 Å². The van der Waals surface area contributed by atoms with Gasteiger partial charge in [0.15, 0.2) is 11.9 Å². The second kappa shape index (κ2) is 11.3. The predicted molar refractivity (Wildman–Crippen MR) is 108 cm³/mol. The molecule has 1 aromatic carbocycles. The lowest BCUT2D eigenvalue weighted by atomic mass is 10.0. The number of urea groups is 1. The first-order chi connectivity index (χ1) is 13.9. The minimum Gasteiger partial charge on any atom is -0.453 e. The first-order valence-corrected chi connectivity index (χ1v) is 10.3. The van der Waals surface area contributed by atoms with Crippen LogP contribution in [0.3, 0.4) is 0 Å². The molecule has 2 N–H and O–H groups in total. The summed E-state index contributed by atoms with van der Waals surface area (Å²) in [6, 6.07) is 6.86. The molecule has 1 fully saturated rings. The van der Waals surface area contributed by atoms with E-state index < -0.39 is 24.0 Å². The molecule has 7 heteroatoms. The number of imide groups is 1. The van der Waals surface area contributed by atoms with Crippen LogP contribution >= 0.6 is 0 Å². The third-order valence-electron chi connectivity index (χ3n) is 4.98. The summed E-state index contributed by atoms with van der Waals surface area (Å²) < 4.78 is 5.04. The van der Waals surface area contributed by atoms with Crippen LogP contribution in [-0.2, 0) is 20.7 Å². The van der Waals surface area contributed by atoms with Crippen molar-refractivity contribution in [1.82, 2.24) is 10.6 Å². The van der Waals surface area contributed by atoms with Gasteiger partial charge in [-0.1, -0.05) is 50.5 Å². The largest absolute Gasteiger partial charge is 0.453 e. The number of ether oxygens (including phenoxy) is 1. The van der Waals surface area contributed by atoms with Crippen molar-refractivity contribution in [2.75, 3.05) is 0 Å². The van der Waals surface area contributed by atoms with E-state index in [1.54, 1.807) is 12.1 Å². The molecule has 3 amide bonds. The van der Waals surface area contributed by atoms with Crippen LogP contribution in [0.4, 0.5) is 4.79 Å². The fourth-order valence-corrected chi connectivity index (χ4v) is 3.32. The summed E-state index contributed by atoms with van der Waals surface area (Å²) in [5.41, 5.74) is 1.72. The van der Waals surface area contributed by atoms with Crippen LogP contribution in [0.15, 0.2) is 24.3 Å². The first kappa shape index (κ1) is 22.6. The van der Waals surface area contributed by atoms with Crippen molar-refractivity contribution in [1.29, 1.82) is 0 Å². The molecular formula is C22H30N2O5. The fraction of sp³-hybridized carbons (Fsp3) is 0.545. The van der Waals surface area contributed by atoms with Gasteiger partial charge in [-0.2, -0.15) is 0 Å². The van der Waals surface area contributed by atoms with Gasteiger partial charge < -0.3 is 10.1 Å². The number of carbonyl (C=O) groups is 4. The molecule has 2 rings (SSSR count). The van der Waals surface area contributed by atoms with Crippen molar-refractivity contribution in [3.05, 3.63) is 35.4 Å². The molecule has 0 saturated heterocycles. The van der Waals surface area contributed by atoms with E-state index in [4.69, 9.17) is 4.74 Å². The molecule has 158 valence electrons. The monoisotopic (exact) mass is 402 g/mol. The van der Waals surface area contributed by atoms with E-state index in [-0.39, 0.29) is 24.7 Å². The Labute approximate surface area is 171 Å². The highest BCUT2D eigenvalue weighted by atomic mass is 16.5. The molecular weight excluding hydrogens is 372 g/mol. The van der Waals surface area contributed by atoms with Gasteiger partial charge in [-0.05, 0) is 31.7 Å². The van der Waals surface area contributed by atoms with Gasteiger partial charge in [0.1, 0.15) is 0 Å². The Balaban J connectivity index is 1.70. The molecule has 0 spiro atoms. The van der Waals surface area contributed by atoms with Crippen LogP contribution in [0.5, 0.6) is 0 Å². The van der Waals surface area contributed by atoms with Crippen LogP contribution in [-0.4, -0.2) is 35.8 Å². The zero-order valence-electron chi connectivity index (χ0n) is 17.2. The lowest BCUT2D eigenvalue weighted by Crippen LogP contribution is -2.47. The third kappa shape index (κ3) is 7.68. The number of amides is 3. The molecule has 0 aliphatic heterocycles. The molecule has 1 aromatic rings.